The number of nitrogens with zero attached hydrogens (tertiary/aromatic N) is 5. The standard InChI is InChI=1S/C19H20ClN7O/c1-12-10-13(20)18(22-11-12)25-14-4-2-5-15(14)26-19(28)17-16(6-3-7-21-17)27-23-8-9-24-27/h3,6-11,14-15H,2,4-5H2,1H3,(H,22,25)(H,26,28)/t14-,15-/m0/s1. The molecule has 3 aromatic rings. The van der Waals surface area contributed by atoms with Crippen LogP contribution in [-0.4, -0.2) is 43.0 Å². The van der Waals surface area contributed by atoms with Gasteiger partial charge in [-0.15, -0.1) is 4.80 Å². The number of anilines is 1. The molecule has 144 valence electrons. The zero-order valence-electron chi connectivity index (χ0n) is 15.3. The van der Waals surface area contributed by atoms with Gasteiger partial charge in [0.2, 0.25) is 0 Å². The molecule has 28 heavy (non-hydrogen) atoms. The summed E-state index contributed by atoms with van der Waals surface area (Å²) >= 11 is 6.30. The molecule has 0 unspecified atom stereocenters. The first-order valence-corrected chi connectivity index (χ1v) is 9.51. The van der Waals surface area contributed by atoms with Crippen molar-refractivity contribution in [3.8, 4) is 5.69 Å². The number of halogens is 1. The van der Waals surface area contributed by atoms with E-state index in [2.05, 4.69) is 30.8 Å². The molecule has 4 rings (SSSR count). The maximum absolute atomic E-state index is 12.9. The highest BCUT2D eigenvalue weighted by atomic mass is 35.5. The zero-order chi connectivity index (χ0) is 19.5. The van der Waals surface area contributed by atoms with Crippen molar-refractivity contribution < 1.29 is 4.79 Å². The lowest BCUT2D eigenvalue weighted by Crippen LogP contribution is -2.44. The Kier molecular flexibility index (Phi) is 5.21. The molecule has 1 saturated carbocycles. The van der Waals surface area contributed by atoms with Crippen molar-refractivity contribution in [1.29, 1.82) is 0 Å². The highest BCUT2D eigenvalue weighted by molar-refractivity contribution is 6.32. The van der Waals surface area contributed by atoms with Crippen molar-refractivity contribution in [1.82, 2.24) is 30.3 Å². The van der Waals surface area contributed by atoms with Gasteiger partial charge in [0.1, 0.15) is 11.5 Å². The molecule has 0 bridgehead atoms. The molecule has 0 aliphatic heterocycles. The van der Waals surface area contributed by atoms with Gasteiger partial charge in [-0.1, -0.05) is 11.6 Å². The number of amides is 1. The maximum atomic E-state index is 12.9. The van der Waals surface area contributed by atoms with E-state index in [0.717, 1.165) is 24.8 Å². The fourth-order valence-electron chi connectivity index (χ4n) is 3.43. The first kappa shape index (κ1) is 18.4. The monoisotopic (exact) mass is 397 g/mol. The fourth-order valence-corrected chi connectivity index (χ4v) is 3.71. The third-order valence-corrected chi connectivity index (χ3v) is 5.06. The van der Waals surface area contributed by atoms with Crippen LogP contribution in [0.3, 0.4) is 0 Å². The number of rotatable bonds is 5. The van der Waals surface area contributed by atoms with Crippen LogP contribution in [0.25, 0.3) is 5.69 Å². The van der Waals surface area contributed by atoms with Crippen molar-refractivity contribution in [2.45, 2.75) is 38.3 Å². The Morgan fingerprint density at radius 1 is 1.18 bits per heavy atom. The van der Waals surface area contributed by atoms with Crippen LogP contribution in [0.4, 0.5) is 5.82 Å². The van der Waals surface area contributed by atoms with E-state index in [1.165, 1.54) is 4.80 Å². The van der Waals surface area contributed by atoms with Crippen molar-refractivity contribution >= 4 is 23.3 Å². The quantitative estimate of drug-likeness (QED) is 0.687. The average Bonchev–Trinajstić information content (AvgIpc) is 3.36. The molecule has 0 saturated heterocycles. The molecular formula is C19H20ClN7O. The summed E-state index contributed by atoms with van der Waals surface area (Å²) in [6, 6.07) is 5.39. The van der Waals surface area contributed by atoms with Crippen LogP contribution < -0.4 is 10.6 Å². The molecule has 0 radical (unpaired) electrons. The maximum Gasteiger partial charge on any atom is 0.272 e. The fraction of sp³-hybridized carbons (Fsp3) is 0.316. The Morgan fingerprint density at radius 2 is 1.96 bits per heavy atom. The van der Waals surface area contributed by atoms with E-state index in [4.69, 9.17) is 11.6 Å². The summed E-state index contributed by atoms with van der Waals surface area (Å²) in [5.74, 6) is 0.382. The number of carbonyl (C=O) groups is 1. The van der Waals surface area contributed by atoms with Crippen molar-refractivity contribution in [2.75, 3.05) is 5.32 Å². The molecule has 2 atom stereocenters. The van der Waals surface area contributed by atoms with E-state index in [1.54, 1.807) is 36.9 Å². The summed E-state index contributed by atoms with van der Waals surface area (Å²) in [5.41, 5.74) is 1.83. The van der Waals surface area contributed by atoms with Crippen LogP contribution in [0, 0.1) is 6.92 Å². The summed E-state index contributed by atoms with van der Waals surface area (Å²) in [7, 11) is 0. The van der Waals surface area contributed by atoms with Crippen molar-refractivity contribution in [3.63, 3.8) is 0 Å². The SMILES string of the molecule is Cc1cnc(N[C@H]2CCC[C@@H]2NC(=O)c2ncccc2-n2nccn2)c(Cl)c1. The Labute approximate surface area is 167 Å². The lowest BCUT2D eigenvalue weighted by molar-refractivity contribution is 0.0930. The third-order valence-electron chi connectivity index (χ3n) is 4.77. The highest BCUT2D eigenvalue weighted by Crippen LogP contribution is 2.27. The number of hydrogen-bond acceptors (Lipinski definition) is 6. The van der Waals surface area contributed by atoms with Crippen LogP contribution in [0.2, 0.25) is 5.02 Å². The Balaban J connectivity index is 1.50. The van der Waals surface area contributed by atoms with Gasteiger partial charge in [0.05, 0.1) is 17.4 Å². The molecule has 8 nitrogen and oxygen atoms in total. The minimum Gasteiger partial charge on any atom is -0.364 e. The number of nitrogens with one attached hydrogen (secondary N) is 2. The molecule has 1 aliphatic carbocycles. The molecule has 0 spiro atoms. The van der Waals surface area contributed by atoms with Gasteiger partial charge >= 0.3 is 0 Å². The van der Waals surface area contributed by atoms with Crippen LogP contribution in [0.15, 0.2) is 43.0 Å². The molecule has 3 aromatic heterocycles. The van der Waals surface area contributed by atoms with Crippen molar-refractivity contribution in [3.05, 3.63) is 59.3 Å². The minimum atomic E-state index is -0.255. The number of pyridine rings is 2. The van der Waals surface area contributed by atoms with Gasteiger partial charge < -0.3 is 10.6 Å². The molecule has 1 aliphatic rings. The van der Waals surface area contributed by atoms with E-state index in [0.29, 0.717) is 16.5 Å². The summed E-state index contributed by atoms with van der Waals surface area (Å²) < 4.78 is 0. The van der Waals surface area contributed by atoms with Gasteiger partial charge in [0.25, 0.3) is 5.91 Å². The summed E-state index contributed by atoms with van der Waals surface area (Å²) in [6.45, 7) is 1.94. The zero-order valence-corrected chi connectivity index (χ0v) is 16.1. The average molecular weight is 398 g/mol. The number of aromatic nitrogens is 5. The third kappa shape index (κ3) is 3.82. The molecule has 9 heteroatoms. The van der Waals surface area contributed by atoms with Gasteiger partial charge in [-0.3, -0.25) is 4.79 Å². The van der Waals surface area contributed by atoms with Gasteiger partial charge in [-0.05, 0) is 49.9 Å². The first-order chi connectivity index (χ1) is 13.6. The van der Waals surface area contributed by atoms with E-state index < -0.39 is 0 Å². The normalized spacial score (nSPS) is 18.8. The van der Waals surface area contributed by atoms with E-state index >= 15 is 0 Å². The minimum absolute atomic E-state index is 0.0478. The van der Waals surface area contributed by atoms with Gasteiger partial charge in [0.15, 0.2) is 5.69 Å². The topological polar surface area (TPSA) is 97.6 Å². The first-order valence-electron chi connectivity index (χ1n) is 9.13. The number of hydrogen-bond donors (Lipinski definition) is 2. The van der Waals surface area contributed by atoms with Crippen LogP contribution >= 0.6 is 11.6 Å². The predicted molar refractivity (Wildman–Crippen MR) is 106 cm³/mol. The second kappa shape index (κ2) is 7.93. The molecule has 1 amide bonds. The largest absolute Gasteiger partial charge is 0.364 e. The summed E-state index contributed by atoms with van der Waals surface area (Å²) in [6.07, 6.45) is 9.27. The van der Waals surface area contributed by atoms with E-state index in [9.17, 15) is 4.79 Å². The number of aryl methyl sites for hydroxylation is 1. The van der Waals surface area contributed by atoms with Gasteiger partial charge in [-0.2, -0.15) is 10.2 Å². The second-order valence-corrected chi connectivity index (χ2v) is 7.20. The summed E-state index contributed by atoms with van der Waals surface area (Å²) in [4.78, 5) is 22.9. The predicted octanol–water partition coefficient (Wildman–Crippen LogP) is 2.78. The number of carbonyl (C=O) groups excluding carboxylic acids is 1. The Hall–Kier alpha value is -3.00. The lowest BCUT2D eigenvalue weighted by Gasteiger charge is -2.23. The van der Waals surface area contributed by atoms with E-state index in [1.807, 2.05) is 13.0 Å². The van der Waals surface area contributed by atoms with Gasteiger partial charge in [-0.25, -0.2) is 9.97 Å². The molecule has 2 N–H and O–H groups in total. The highest BCUT2D eigenvalue weighted by Gasteiger charge is 2.30. The molecule has 0 aromatic carbocycles. The van der Waals surface area contributed by atoms with Crippen LogP contribution in [-0.2, 0) is 0 Å². The Morgan fingerprint density at radius 3 is 2.75 bits per heavy atom. The summed E-state index contributed by atoms with van der Waals surface area (Å²) in [5, 5.41) is 15.2. The van der Waals surface area contributed by atoms with Crippen molar-refractivity contribution in [2.24, 2.45) is 0 Å². The molecular weight excluding hydrogens is 378 g/mol. The van der Waals surface area contributed by atoms with Crippen LogP contribution in [0.1, 0.15) is 35.3 Å². The Bertz CT molecular complexity index is 976. The smallest absolute Gasteiger partial charge is 0.272 e. The van der Waals surface area contributed by atoms with Gasteiger partial charge in [0, 0.05) is 24.5 Å². The second-order valence-electron chi connectivity index (χ2n) is 6.79. The van der Waals surface area contributed by atoms with Crippen LogP contribution in [0.5, 0.6) is 0 Å². The molecule has 1 fully saturated rings. The van der Waals surface area contributed by atoms with E-state index in [-0.39, 0.29) is 23.7 Å². The lowest BCUT2D eigenvalue weighted by atomic mass is 10.1. The molecule has 3 heterocycles.